The van der Waals surface area contributed by atoms with Crippen LogP contribution in [0.15, 0.2) is 54.7 Å². The molecular formula is C19H26N4O. The SMILES string of the molecule is CC(NC(C)(C)CNC(=O)NCc1ccccn1)c1ccccc1. The second-order valence-corrected chi connectivity index (χ2v) is 6.52. The molecule has 0 radical (unpaired) electrons. The van der Waals surface area contributed by atoms with Crippen LogP contribution in [0.3, 0.4) is 0 Å². The molecule has 0 bridgehead atoms. The van der Waals surface area contributed by atoms with E-state index in [1.165, 1.54) is 5.56 Å². The Labute approximate surface area is 143 Å². The van der Waals surface area contributed by atoms with Crippen molar-refractivity contribution >= 4 is 6.03 Å². The third kappa shape index (κ3) is 6.01. The summed E-state index contributed by atoms with van der Waals surface area (Å²) in [6, 6.07) is 15.9. The van der Waals surface area contributed by atoms with Gasteiger partial charge in [0.15, 0.2) is 0 Å². The van der Waals surface area contributed by atoms with Gasteiger partial charge >= 0.3 is 6.03 Å². The zero-order valence-corrected chi connectivity index (χ0v) is 14.5. The molecule has 24 heavy (non-hydrogen) atoms. The largest absolute Gasteiger partial charge is 0.336 e. The van der Waals surface area contributed by atoms with Gasteiger partial charge in [-0.1, -0.05) is 36.4 Å². The second kappa shape index (κ2) is 8.45. The van der Waals surface area contributed by atoms with Gasteiger partial charge in [-0.25, -0.2) is 4.79 Å². The molecule has 1 aromatic carbocycles. The molecular weight excluding hydrogens is 300 g/mol. The smallest absolute Gasteiger partial charge is 0.315 e. The molecule has 2 rings (SSSR count). The first-order valence-corrected chi connectivity index (χ1v) is 8.20. The van der Waals surface area contributed by atoms with Crippen LogP contribution >= 0.6 is 0 Å². The van der Waals surface area contributed by atoms with Gasteiger partial charge < -0.3 is 16.0 Å². The third-order valence-electron chi connectivity index (χ3n) is 3.75. The maximum absolute atomic E-state index is 11.9. The van der Waals surface area contributed by atoms with Gasteiger partial charge in [0.25, 0.3) is 0 Å². The number of aromatic nitrogens is 1. The van der Waals surface area contributed by atoms with E-state index in [4.69, 9.17) is 0 Å². The maximum Gasteiger partial charge on any atom is 0.315 e. The van der Waals surface area contributed by atoms with Crippen molar-refractivity contribution < 1.29 is 4.79 Å². The first-order valence-electron chi connectivity index (χ1n) is 8.20. The molecule has 1 heterocycles. The zero-order valence-electron chi connectivity index (χ0n) is 14.5. The molecule has 2 amide bonds. The van der Waals surface area contributed by atoms with E-state index in [0.717, 1.165) is 5.69 Å². The summed E-state index contributed by atoms with van der Waals surface area (Å²) in [5, 5.41) is 9.27. The minimum Gasteiger partial charge on any atom is -0.336 e. The summed E-state index contributed by atoms with van der Waals surface area (Å²) in [7, 11) is 0. The van der Waals surface area contributed by atoms with E-state index in [1.807, 2.05) is 36.4 Å². The Bertz CT molecular complexity index is 628. The number of nitrogens with one attached hydrogen (secondary N) is 3. The number of hydrogen-bond donors (Lipinski definition) is 3. The molecule has 0 aliphatic carbocycles. The molecule has 0 aliphatic heterocycles. The lowest BCUT2D eigenvalue weighted by Crippen LogP contribution is -2.51. The number of urea groups is 1. The quantitative estimate of drug-likeness (QED) is 0.733. The second-order valence-electron chi connectivity index (χ2n) is 6.52. The van der Waals surface area contributed by atoms with Crippen molar-refractivity contribution in [3.63, 3.8) is 0 Å². The van der Waals surface area contributed by atoms with E-state index in [1.54, 1.807) is 6.20 Å². The summed E-state index contributed by atoms with van der Waals surface area (Å²) in [6.07, 6.45) is 1.72. The van der Waals surface area contributed by atoms with Crippen LogP contribution < -0.4 is 16.0 Å². The first-order chi connectivity index (χ1) is 11.5. The molecule has 1 aromatic heterocycles. The van der Waals surface area contributed by atoms with E-state index in [2.05, 4.69) is 53.8 Å². The number of amides is 2. The van der Waals surface area contributed by atoms with Crippen molar-refractivity contribution in [2.45, 2.75) is 38.9 Å². The van der Waals surface area contributed by atoms with Gasteiger partial charge in [-0.3, -0.25) is 4.98 Å². The fraction of sp³-hybridized carbons (Fsp3) is 0.368. The normalized spacial score (nSPS) is 12.5. The number of carbonyl (C=O) groups excluding carboxylic acids is 1. The lowest BCUT2D eigenvalue weighted by molar-refractivity contribution is 0.234. The topological polar surface area (TPSA) is 66.0 Å². The number of rotatable bonds is 7. The fourth-order valence-corrected chi connectivity index (χ4v) is 2.50. The molecule has 128 valence electrons. The highest BCUT2D eigenvalue weighted by atomic mass is 16.2. The van der Waals surface area contributed by atoms with E-state index in [-0.39, 0.29) is 17.6 Å². The molecule has 5 heteroatoms. The van der Waals surface area contributed by atoms with Crippen molar-refractivity contribution in [3.05, 3.63) is 66.0 Å². The average Bonchev–Trinajstić information content (AvgIpc) is 2.59. The highest BCUT2D eigenvalue weighted by molar-refractivity contribution is 5.73. The summed E-state index contributed by atoms with van der Waals surface area (Å²) < 4.78 is 0. The van der Waals surface area contributed by atoms with Crippen molar-refractivity contribution in [1.82, 2.24) is 20.9 Å². The molecule has 0 fully saturated rings. The molecule has 2 aromatic rings. The Kier molecular flexibility index (Phi) is 6.32. The Morgan fingerprint density at radius 3 is 2.46 bits per heavy atom. The van der Waals surface area contributed by atoms with Crippen LogP contribution in [0, 0.1) is 0 Å². The predicted molar refractivity (Wildman–Crippen MR) is 96.5 cm³/mol. The summed E-state index contributed by atoms with van der Waals surface area (Å²) in [5.74, 6) is 0. The van der Waals surface area contributed by atoms with E-state index in [0.29, 0.717) is 13.1 Å². The van der Waals surface area contributed by atoms with Crippen LogP contribution in [-0.2, 0) is 6.54 Å². The van der Waals surface area contributed by atoms with Gasteiger partial charge in [-0.15, -0.1) is 0 Å². The Morgan fingerprint density at radius 1 is 1.08 bits per heavy atom. The van der Waals surface area contributed by atoms with E-state index in [9.17, 15) is 4.79 Å². The molecule has 5 nitrogen and oxygen atoms in total. The van der Waals surface area contributed by atoms with Gasteiger partial charge in [-0.2, -0.15) is 0 Å². The maximum atomic E-state index is 11.9. The molecule has 3 N–H and O–H groups in total. The minimum atomic E-state index is -0.225. The molecule has 0 aliphatic rings. The van der Waals surface area contributed by atoms with Crippen LogP contribution in [0.25, 0.3) is 0 Å². The molecule has 1 unspecified atom stereocenters. The number of carbonyl (C=O) groups is 1. The zero-order chi connectivity index (χ0) is 17.4. The monoisotopic (exact) mass is 326 g/mol. The van der Waals surface area contributed by atoms with Crippen LogP contribution in [0.4, 0.5) is 4.79 Å². The van der Waals surface area contributed by atoms with E-state index < -0.39 is 0 Å². The van der Waals surface area contributed by atoms with Gasteiger partial charge in [0, 0.05) is 24.3 Å². The predicted octanol–water partition coefficient (Wildman–Crippen LogP) is 3.01. The van der Waals surface area contributed by atoms with Gasteiger partial charge in [0.1, 0.15) is 0 Å². The van der Waals surface area contributed by atoms with Gasteiger partial charge in [0.05, 0.1) is 12.2 Å². The number of nitrogens with zero attached hydrogens (tertiary/aromatic N) is 1. The third-order valence-corrected chi connectivity index (χ3v) is 3.75. The highest BCUT2D eigenvalue weighted by Gasteiger charge is 2.21. The average molecular weight is 326 g/mol. The minimum absolute atomic E-state index is 0.192. The lowest BCUT2D eigenvalue weighted by Gasteiger charge is -2.30. The fourth-order valence-electron chi connectivity index (χ4n) is 2.50. The molecule has 0 saturated carbocycles. The Hall–Kier alpha value is -2.40. The van der Waals surface area contributed by atoms with Crippen molar-refractivity contribution in [1.29, 1.82) is 0 Å². The number of hydrogen-bond acceptors (Lipinski definition) is 3. The standard InChI is InChI=1S/C19H26N4O/c1-15(16-9-5-4-6-10-16)23-19(2,3)14-22-18(24)21-13-17-11-7-8-12-20-17/h4-12,15,23H,13-14H2,1-3H3,(H2,21,22,24). The summed E-state index contributed by atoms with van der Waals surface area (Å²) in [6.45, 7) is 7.22. The van der Waals surface area contributed by atoms with Crippen LogP contribution in [0.2, 0.25) is 0 Å². The van der Waals surface area contributed by atoms with Crippen molar-refractivity contribution in [3.8, 4) is 0 Å². The lowest BCUT2D eigenvalue weighted by atomic mass is 10.0. The van der Waals surface area contributed by atoms with E-state index >= 15 is 0 Å². The first kappa shape index (κ1) is 17.9. The Balaban J connectivity index is 1.76. The van der Waals surface area contributed by atoms with Gasteiger partial charge in [0.2, 0.25) is 0 Å². The van der Waals surface area contributed by atoms with Gasteiger partial charge in [-0.05, 0) is 38.5 Å². The Morgan fingerprint density at radius 2 is 1.79 bits per heavy atom. The molecule has 1 atom stereocenters. The van der Waals surface area contributed by atoms with Crippen molar-refractivity contribution in [2.75, 3.05) is 6.54 Å². The van der Waals surface area contributed by atoms with Crippen molar-refractivity contribution in [2.24, 2.45) is 0 Å². The number of benzene rings is 1. The van der Waals surface area contributed by atoms with Crippen LogP contribution in [0.1, 0.15) is 38.1 Å². The molecule has 0 spiro atoms. The molecule has 0 saturated heterocycles. The van der Waals surface area contributed by atoms with Crippen LogP contribution in [-0.4, -0.2) is 23.1 Å². The summed E-state index contributed by atoms with van der Waals surface area (Å²) >= 11 is 0. The van der Waals surface area contributed by atoms with Crippen LogP contribution in [0.5, 0.6) is 0 Å². The summed E-state index contributed by atoms with van der Waals surface area (Å²) in [4.78, 5) is 16.1. The number of pyridine rings is 1. The highest BCUT2D eigenvalue weighted by Crippen LogP contribution is 2.15. The summed E-state index contributed by atoms with van der Waals surface area (Å²) in [5.41, 5.74) is 1.84.